The van der Waals surface area contributed by atoms with Gasteiger partial charge in [0.25, 0.3) is 5.91 Å². The lowest BCUT2D eigenvalue weighted by molar-refractivity contribution is 0.102. The van der Waals surface area contributed by atoms with Gasteiger partial charge in [-0.1, -0.05) is 22.0 Å². The second kappa shape index (κ2) is 9.32. The minimum Gasteiger partial charge on any atom is -0.493 e. The molecule has 0 fully saturated rings. The molecule has 0 bridgehead atoms. The number of benzene rings is 2. The molecular formula is C22H19BrN4O3S. The number of nitrogens with one attached hydrogen (secondary N) is 1. The molecule has 0 saturated heterocycles. The van der Waals surface area contributed by atoms with Gasteiger partial charge in [-0.25, -0.2) is 9.67 Å². The molecule has 1 amide bonds. The van der Waals surface area contributed by atoms with E-state index >= 15 is 0 Å². The van der Waals surface area contributed by atoms with Gasteiger partial charge in [0, 0.05) is 21.5 Å². The van der Waals surface area contributed by atoms with Crippen LogP contribution >= 0.6 is 27.3 Å². The molecule has 0 saturated carbocycles. The lowest BCUT2D eigenvalue weighted by Gasteiger charge is -2.12. The molecule has 0 atom stereocenters. The molecule has 0 radical (unpaired) electrons. The first-order valence-electron chi connectivity index (χ1n) is 9.35. The van der Waals surface area contributed by atoms with Crippen molar-refractivity contribution in [2.24, 2.45) is 0 Å². The lowest BCUT2D eigenvalue weighted by atomic mass is 10.2. The molecule has 4 rings (SSSR count). The number of rotatable bonds is 7. The summed E-state index contributed by atoms with van der Waals surface area (Å²) < 4.78 is 13.8. The lowest BCUT2D eigenvalue weighted by Crippen LogP contribution is -2.15. The van der Waals surface area contributed by atoms with Crippen LogP contribution in [0.2, 0.25) is 0 Å². The van der Waals surface area contributed by atoms with E-state index in [9.17, 15) is 4.79 Å². The minimum atomic E-state index is -0.277. The van der Waals surface area contributed by atoms with Gasteiger partial charge in [0.05, 0.1) is 29.7 Å². The van der Waals surface area contributed by atoms with Gasteiger partial charge in [-0.05, 0) is 43.3 Å². The standard InChI is InChI=1S/C22H19BrN4O3S/c1-14-8-21(27(26-14)18-5-3-4-16(23)10-18)25-22(28)15-6-7-19(20(9-15)29-2)30-11-17-12-31-13-24-17/h3-10,12-13H,11H2,1-2H3,(H,25,28). The van der Waals surface area contributed by atoms with Crippen LogP contribution in [-0.2, 0) is 6.61 Å². The van der Waals surface area contributed by atoms with Crippen molar-refractivity contribution in [3.8, 4) is 17.2 Å². The summed E-state index contributed by atoms with van der Waals surface area (Å²) in [6.07, 6.45) is 0. The molecule has 1 N–H and O–H groups in total. The SMILES string of the molecule is COc1cc(C(=O)Nc2cc(C)nn2-c2cccc(Br)c2)ccc1OCc1cscn1. The van der Waals surface area contributed by atoms with Crippen molar-refractivity contribution in [2.45, 2.75) is 13.5 Å². The summed E-state index contributed by atoms with van der Waals surface area (Å²) in [4.78, 5) is 17.1. The number of ether oxygens (including phenoxy) is 2. The zero-order valence-corrected chi connectivity index (χ0v) is 19.2. The number of halogens is 1. The quantitative estimate of drug-likeness (QED) is 0.376. The largest absolute Gasteiger partial charge is 0.493 e. The molecular weight excluding hydrogens is 480 g/mol. The topological polar surface area (TPSA) is 78.3 Å². The van der Waals surface area contributed by atoms with E-state index < -0.39 is 0 Å². The molecule has 0 spiro atoms. The van der Waals surface area contributed by atoms with Crippen molar-refractivity contribution in [1.82, 2.24) is 14.8 Å². The average molecular weight is 499 g/mol. The van der Waals surface area contributed by atoms with Crippen molar-refractivity contribution in [2.75, 3.05) is 12.4 Å². The Kier molecular flexibility index (Phi) is 6.34. The highest BCUT2D eigenvalue weighted by atomic mass is 79.9. The molecule has 7 nitrogen and oxygen atoms in total. The van der Waals surface area contributed by atoms with E-state index in [1.807, 2.05) is 42.6 Å². The first kappa shape index (κ1) is 21.1. The normalized spacial score (nSPS) is 10.7. The number of thiazole rings is 1. The summed E-state index contributed by atoms with van der Waals surface area (Å²) in [5.41, 5.74) is 4.66. The van der Waals surface area contributed by atoms with Crippen molar-refractivity contribution < 1.29 is 14.3 Å². The van der Waals surface area contributed by atoms with Gasteiger partial charge in [-0.3, -0.25) is 4.79 Å². The smallest absolute Gasteiger partial charge is 0.256 e. The fourth-order valence-corrected chi connectivity index (χ4v) is 3.90. The van der Waals surface area contributed by atoms with Gasteiger partial charge in [0.1, 0.15) is 12.4 Å². The van der Waals surface area contributed by atoms with Crippen LogP contribution in [0.3, 0.4) is 0 Å². The van der Waals surface area contributed by atoms with Crippen LogP contribution in [0.1, 0.15) is 21.7 Å². The number of anilines is 1. The third-order valence-corrected chi connectivity index (χ3v) is 5.54. The highest BCUT2D eigenvalue weighted by Crippen LogP contribution is 2.29. The van der Waals surface area contributed by atoms with E-state index in [-0.39, 0.29) is 5.91 Å². The number of methoxy groups -OCH3 is 1. The Balaban J connectivity index is 1.54. The molecule has 0 aliphatic carbocycles. The van der Waals surface area contributed by atoms with E-state index in [0.717, 1.165) is 21.5 Å². The van der Waals surface area contributed by atoms with Gasteiger partial charge in [0.2, 0.25) is 0 Å². The Morgan fingerprint density at radius 1 is 1.19 bits per heavy atom. The van der Waals surface area contributed by atoms with E-state index in [1.165, 1.54) is 11.3 Å². The van der Waals surface area contributed by atoms with E-state index in [0.29, 0.717) is 29.5 Å². The first-order valence-corrected chi connectivity index (χ1v) is 11.1. The molecule has 9 heteroatoms. The zero-order valence-electron chi connectivity index (χ0n) is 16.8. The predicted molar refractivity (Wildman–Crippen MR) is 123 cm³/mol. The highest BCUT2D eigenvalue weighted by Gasteiger charge is 2.15. The summed E-state index contributed by atoms with van der Waals surface area (Å²) in [5, 5.41) is 9.35. The van der Waals surface area contributed by atoms with Crippen molar-refractivity contribution in [3.63, 3.8) is 0 Å². The molecule has 2 aromatic heterocycles. The van der Waals surface area contributed by atoms with Gasteiger partial charge < -0.3 is 14.8 Å². The first-order chi connectivity index (χ1) is 15.0. The van der Waals surface area contributed by atoms with Gasteiger partial charge >= 0.3 is 0 Å². The van der Waals surface area contributed by atoms with E-state index in [2.05, 4.69) is 31.3 Å². The average Bonchev–Trinajstić information content (AvgIpc) is 3.41. The molecule has 4 aromatic rings. The molecule has 158 valence electrons. The summed E-state index contributed by atoms with van der Waals surface area (Å²) >= 11 is 4.98. The second-order valence-corrected chi connectivity index (χ2v) is 8.29. The van der Waals surface area contributed by atoms with Crippen LogP contribution in [0.25, 0.3) is 5.69 Å². The maximum Gasteiger partial charge on any atom is 0.256 e. The second-order valence-electron chi connectivity index (χ2n) is 6.65. The Morgan fingerprint density at radius 2 is 2.06 bits per heavy atom. The number of nitrogens with zero attached hydrogens (tertiary/aromatic N) is 3. The molecule has 0 aliphatic heterocycles. The van der Waals surface area contributed by atoms with Crippen molar-refractivity contribution in [1.29, 1.82) is 0 Å². The number of aryl methyl sites for hydroxylation is 1. The summed E-state index contributed by atoms with van der Waals surface area (Å²) in [6, 6.07) is 14.6. The monoisotopic (exact) mass is 498 g/mol. The number of amides is 1. The number of carbonyl (C=O) groups is 1. The number of hydrogen-bond donors (Lipinski definition) is 1. The van der Waals surface area contributed by atoms with Crippen LogP contribution in [0.15, 0.2) is 63.9 Å². The minimum absolute atomic E-state index is 0.277. The van der Waals surface area contributed by atoms with Gasteiger partial charge in [-0.2, -0.15) is 5.10 Å². The van der Waals surface area contributed by atoms with E-state index in [1.54, 1.807) is 35.5 Å². The van der Waals surface area contributed by atoms with Crippen molar-refractivity contribution >= 4 is 39.0 Å². The fraction of sp³-hybridized carbons (Fsp3) is 0.136. The third-order valence-electron chi connectivity index (χ3n) is 4.41. The number of carbonyl (C=O) groups excluding carboxylic acids is 1. The van der Waals surface area contributed by atoms with Crippen LogP contribution in [-0.4, -0.2) is 27.8 Å². The van der Waals surface area contributed by atoms with E-state index in [4.69, 9.17) is 9.47 Å². The number of aromatic nitrogens is 3. The van der Waals surface area contributed by atoms with Gasteiger partial charge in [0.15, 0.2) is 11.5 Å². The van der Waals surface area contributed by atoms with Crippen LogP contribution < -0.4 is 14.8 Å². The summed E-state index contributed by atoms with van der Waals surface area (Å²) in [6.45, 7) is 2.21. The fourth-order valence-electron chi connectivity index (χ4n) is 2.97. The van der Waals surface area contributed by atoms with Crippen LogP contribution in [0.5, 0.6) is 11.5 Å². The number of hydrogen-bond acceptors (Lipinski definition) is 6. The highest BCUT2D eigenvalue weighted by molar-refractivity contribution is 9.10. The molecule has 31 heavy (non-hydrogen) atoms. The van der Waals surface area contributed by atoms with Crippen LogP contribution in [0, 0.1) is 6.92 Å². The third kappa shape index (κ3) is 4.95. The molecule has 0 aliphatic rings. The predicted octanol–water partition coefficient (Wildman–Crippen LogP) is 5.24. The summed E-state index contributed by atoms with van der Waals surface area (Å²) in [7, 11) is 1.54. The molecule has 2 aromatic carbocycles. The van der Waals surface area contributed by atoms with Crippen molar-refractivity contribution in [3.05, 3.63) is 80.8 Å². The Hall–Kier alpha value is -3.17. The Morgan fingerprint density at radius 3 is 2.81 bits per heavy atom. The summed E-state index contributed by atoms with van der Waals surface area (Å²) in [5.74, 6) is 1.31. The molecule has 2 heterocycles. The van der Waals surface area contributed by atoms with Crippen LogP contribution in [0.4, 0.5) is 5.82 Å². The Bertz CT molecular complexity index is 1210. The maximum absolute atomic E-state index is 12.9. The van der Waals surface area contributed by atoms with Gasteiger partial charge in [-0.15, -0.1) is 11.3 Å². The zero-order chi connectivity index (χ0) is 21.8. The molecule has 0 unspecified atom stereocenters. The Labute approximate surface area is 191 Å². The maximum atomic E-state index is 12.9.